The Bertz CT molecular complexity index is 1130. The third-order valence-electron chi connectivity index (χ3n) is 7.15. The Balaban J connectivity index is 1.48. The first-order valence-corrected chi connectivity index (χ1v) is 11.8. The molecule has 0 bridgehead atoms. The first kappa shape index (κ1) is 25.2. The SMILES string of the molecule is C/C=C/C1CCC2CC(c3cc(F)c(C#Cc4ccc(OC(F)(F)F)cc4F)c(F)c3)CCC2C1. The normalized spacial score (nSPS) is 24.5. The summed E-state index contributed by atoms with van der Waals surface area (Å²) >= 11 is 0. The van der Waals surface area contributed by atoms with E-state index < -0.39 is 35.1 Å². The summed E-state index contributed by atoms with van der Waals surface area (Å²) in [6.45, 7) is 2.04. The maximum Gasteiger partial charge on any atom is 0.573 e. The highest BCUT2D eigenvalue weighted by molar-refractivity contribution is 5.47. The zero-order valence-electron chi connectivity index (χ0n) is 19.3. The van der Waals surface area contributed by atoms with Crippen molar-refractivity contribution < 1.29 is 31.1 Å². The van der Waals surface area contributed by atoms with Crippen molar-refractivity contribution >= 4 is 0 Å². The van der Waals surface area contributed by atoms with Crippen molar-refractivity contribution in [3.8, 4) is 17.6 Å². The highest BCUT2D eigenvalue weighted by Gasteiger charge is 2.35. The number of fused-ring (bicyclic) bond motifs is 1. The molecule has 4 rings (SSSR count). The molecule has 2 aliphatic rings. The first-order valence-electron chi connectivity index (χ1n) is 11.8. The molecule has 2 fully saturated rings. The van der Waals surface area contributed by atoms with Gasteiger partial charge in [-0.2, -0.15) is 0 Å². The molecule has 2 aliphatic carbocycles. The summed E-state index contributed by atoms with van der Waals surface area (Å²) in [6, 6.07) is 4.99. The van der Waals surface area contributed by atoms with Crippen LogP contribution in [-0.2, 0) is 0 Å². The van der Waals surface area contributed by atoms with Crippen molar-refractivity contribution in [1.29, 1.82) is 0 Å². The summed E-state index contributed by atoms with van der Waals surface area (Å²) in [5.74, 6) is 3.04. The van der Waals surface area contributed by atoms with Crippen molar-refractivity contribution in [3.63, 3.8) is 0 Å². The predicted octanol–water partition coefficient (Wildman–Crippen LogP) is 8.28. The molecule has 0 amide bonds. The zero-order chi connectivity index (χ0) is 25.2. The van der Waals surface area contributed by atoms with E-state index in [0.717, 1.165) is 44.2 Å². The number of allylic oxidation sites excluding steroid dienone is 2. The number of rotatable bonds is 3. The van der Waals surface area contributed by atoms with Crippen LogP contribution in [0.5, 0.6) is 5.75 Å². The standard InChI is InChI=1S/C28H26F6O/c1-2-3-17-4-5-20-13-21(7-6-19(20)12-17)22-14-26(30)24(27(31)15-22)11-9-18-8-10-23(16-25(18)29)35-28(32,33)34/h2-3,8,10,14-17,19-21H,4-7,12-13H2,1H3/b3-2+. The Kier molecular flexibility index (Phi) is 7.49. The smallest absolute Gasteiger partial charge is 0.406 e. The minimum absolute atomic E-state index is 0.0825. The number of benzene rings is 2. The zero-order valence-corrected chi connectivity index (χ0v) is 19.3. The van der Waals surface area contributed by atoms with Gasteiger partial charge in [-0.25, -0.2) is 13.2 Å². The average molecular weight is 493 g/mol. The second-order valence-corrected chi connectivity index (χ2v) is 9.43. The lowest BCUT2D eigenvalue weighted by Crippen LogP contribution is -2.30. The summed E-state index contributed by atoms with van der Waals surface area (Å²) in [5, 5.41) is 0. The highest BCUT2D eigenvalue weighted by Crippen LogP contribution is 2.48. The fraction of sp³-hybridized carbons (Fsp3) is 0.429. The van der Waals surface area contributed by atoms with E-state index in [1.807, 2.05) is 6.92 Å². The number of ether oxygens (including phenoxy) is 1. The van der Waals surface area contributed by atoms with E-state index in [2.05, 4.69) is 28.7 Å². The molecule has 2 saturated carbocycles. The fourth-order valence-corrected chi connectivity index (χ4v) is 5.55. The molecule has 0 spiro atoms. The van der Waals surface area contributed by atoms with Gasteiger partial charge in [-0.1, -0.05) is 24.0 Å². The third kappa shape index (κ3) is 6.22. The van der Waals surface area contributed by atoms with Crippen molar-refractivity contribution in [2.75, 3.05) is 0 Å². The van der Waals surface area contributed by atoms with Crippen LogP contribution >= 0.6 is 0 Å². The molecule has 4 unspecified atom stereocenters. The van der Waals surface area contributed by atoms with Crippen LogP contribution in [0.3, 0.4) is 0 Å². The molecule has 1 nitrogen and oxygen atoms in total. The van der Waals surface area contributed by atoms with Gasteiger partial charge in [0.05, 0.1) is 11.1 Å². The average Bonchev–Trinajstić information content (AvgIpc) is 2.78. The van der Waals surface area contributed by atoms with Crippen molar-refractivity contribution in [2.45, 2.75) is 57.7 Å². The molecule has 0 saturated heterocycles. The molecule has 0 radical (unpaired) electrons. The van der Waals surface area contributed by atoms with Crippen molar-refractivity contribution in [3.05, 3.63) is 76.6 Å². The Labute approximate surface area is 201 Å². The van der Waals surface area contributed by atoms with Crippen LogP contribution in [0.4, 0.5) is 26.3 Å². The largest absolute Gasteiger partial charge is 0.573 e. The van der Waals surface area contributed by atoms with Gasteiger partial charge >= 0.3 is 6.36 Å². The molecule has 2 aromatic rings. The summed E-state index contributed by atoms with van der Waals surface area (Å²) in [7, 11) is 0. The van der Waals surface area contributed by atoms with Crippen LogP contribution in [0.15, 0.2) is 42.5 Å². The molecule has 0 aliphatic heterocycles. The van der Waals surface area contributed by atoms with Crippen molar-refractivity contribution in [2.24, 2.45) is 17.8 Å². The van der Waals surface area contributed by atoms with Gasteiger partial charge in [-0.3, -0.25) is 0 Å². The number of hydrogen-bond donors (Lipinski definition) is 0. The van der Waals surface area contributed by atoms with E-state index >= 15 is 0 Å². The molecule has 4 atom stereocenters. The summed E-state index contributed by atoms with van der Waals surface area (Å²) in [6.07, 6.45) is 5.72. The van der Waals surface area contributed by atoms with E-state index in [0.29, 0.717) is 29.4 Å². The van der Waals surface area contributed by atoms with Gasteiger partial charge < -0.3 is 4.74 Å². The number of hydrogen-bond acceptors (Lipinski definition) is 1. The lowest BCUT2D eigenvalue weighted by atomic mass is 9.64. The van der Waals surface area contributed by atoms with Crippen LogP contribution in [0.2, 0.25) is 0 Å². The van der Waals surface area contributed by atoms with Crippen LogP contribution in [0, 0.1) is 47.0 Å². The Morgan fingerprint density at radius 3 is 2.20 bits per heavy atom. The van der Waals surface area contributed by atoms with Gasteiger partial charge in [-0.15, -0.1) is 13.2 Å². The van der Waals surface area contributed by atoms with Gasteiger partial charge in [0.25, 0.3) is 0 Å². The summed E-state index contributed by atoms with van der Waals surface area (Å²) < 4.78 is 84.1. The van der Waals surface area contributed by atoms with Gasteiger partial charge in [0.15, 0.2) is 0 Å². The highest BCUT2D eigenvalue weighted by atomic mass is 19.4. The summed E-state index contributed by atoms with van der Waals surface area (Å²) in [5.41, 5.74) is -0.182. The molecule has 186 valence electrons. The number of alkyl halides is 3. The summed E-state index contributed by atoms with van der Waals surface area (Å²) in [4.78, 5) is 0. The molecular formula is C28H26F6O. The fourth-order valence-electron chi connectivity index (χ4n) is 5.55. The Morgan fingerprint density at radius 1 is 0.857 bits per heavy atom. The van der Waals surface area contributed by atoms with Crippen LogP contribution in [0.25, 0.3) is 0 Å². The van der Waals surface area contributed by atoms with E-state index in [4.69, 9.17) is 0 Å². The van der Waals surface area contributed by atoms with E-state index in [1.54, 1.807) is 0 Å². The third-order valence-corrected chi connectivity index (χ3v) is 7.15. The van der Waals surface area contributed by atoms with E-state index in [1.165, 1.54) is 18.6 Å². The molecule has 0 aromatic heterocycles. The Hall–Kier alpha value is -2.88. The second kappa shape index (κ2) is 10.4. The van der Waals surface area contributed by atoms with E-state index in [9.17, 15) is 26.3 Å². The molecular weight excluding hydrogens is 466 g/mol. The molecule has 0 heterocycles. The molecule has 0 N–H and O–H groups in total. The minimum Gasteiger partial charge on any atom is -0.406 e. The quantitative estimate of drug-likeness (QED) is 0.238. The molecule has 2 aromatic carbocycles. The van der Waals surface area contributed by atoms with Gasteiger partial charge in [0.1, 0.15) is 23.2 Å². The minimum atomic E-state index is -4.96. The first-order chi connectivity index (χ1) is 16.6. The number of halogens is 6. The van der Waals surface area contributed by atoms with E-state index in [-0.39, 0.29) is 11.5 Å². The van der Waals surface area contributed by atoms with Crippen molar-refractivity contribution in [1.82, 2.24) is 0 Å². The lowest BCUT2D eigenvalue weighted by molar-refractivity contribution is -0.274. The molecule has 35 heavy (non-hydrogen) atoms. The van der Waals surface area contributed by atoms with Crippen LogP contribution < -0.4 is 4.74 Å². The topological polar surface area (TPSA) is 9.23 Å². The monoisotopic (exact) mass is 492 g/mol. The second-order valence-electron chi connectivity index (χ2n) is 9.43. The maximum atomic E-state index is 14.8. The molecule has 7 heteroatoms. The lowest BCUT2D eigenvalue weighted by Gasteiger charge is -2.41. The van der Waals surface area contributed by atoms with Gasteiger partial charge in [-0.05, 0) is 98.9 Å². The van der Waals surface area contributed by atoms with Gasteiger partial charge in [0, 0.05) is 6.07 Å². The van der Waals surface area contributed by atoms with Gasteiger partial charge in [0.2, 0.25) is 0 Å². The van der Waals surface area contributed by atoms with Crippen LogP contribution in [0.1, 0.15) is 68.1 Å². The maximum absolute atomic E-state index is 14.8. The predicted molar refractivity (Wildman–Crippen MR) is 121 cm³/mol. The van der Waals surface area contributed by atoms with Crippen LogP contribution in [-0.4, -0.2) is 6.36 Å². The Morgan fingerprint density at radius 2 is 1.54 bits per heavy atom.